The maximum Gasteiger partial charge on any atom is 0.194 e. The summed E-state index contributed by atoms with van der Waals surface area (Å²) in [6.07, 6.45) is 1.67. The van der Waals surface area contributed by atoms with Crippen LogP contribution in [-0.2, 0) is 16.1 Å². The number of aromatic nitrogens is 2. The fraction of sp³-hybridized carbons (Fsp3) is 0.400. The summed E-state index contributed by atoms with van der Waals surface area (Å²) in [5.41, 5.74) is 0.818. The van der Waals surface area contributed by atoms with E-state index >= 15 is 0 Å². The van der Waals surface area contributed by atoms with Crippen molar-refractivity contribution in [1.29, 1.82) is 0 Å². The first-order chi connectivity index (χ1) is 6.77. The molecule has 4 nitrogen and oxygen atoms in total. The van der Waals surface area contributed by atoms with Crippen LogP contribution in [0.4, 0.5) is 0 Å². The third-order valence-corrected chi connectivity index (χ3v) is 1.57. The van der Waals surface area contributed by atoms with E-state index in [2.05, 4.69) is 16.5 Å². The van der Waals surface area contributed by atoms with Crippen LogP contribution in [0.3, 0.4) is 0 Å². The quantitative estimate of drug-likeness (QED) is 0.668. The second kappa shape index (κ2) is 5.34. The average molecular weight is 194 g/mol. The molecule has 0 aromatic carbocycles. The summed E-state index contributed by atoms with van der Waals surface area (Å²) < 4.78 is 10.2. The summed E-state index contributed by atoms with van der Waals surface area (Å²) in [7, 11) is 1.62. The van der Waals surface area contributed by atoms with Gasteiger partial charge in [-0.2, -0.15) is 0 Å². The van der Waals surface area contributed by atoms with Gasteiger partial charge in [0.15, 0.2) is 11.6 Å². The molecule has 0 amide bonds. The van der Waals surface area contributed by atoms with Crippen molar-refractivity contribution in [2.45, 2.75) is 13.5 Å². The number of methoxy groups -OCH3 is 1. The van der Waals surface area contributed by atoms with E-state index in [0.717, 1.165) is 5.69 Å². The molecule has 1 heterocycles. The Morgan fingerprint density at radius 2 is 2.36 bits per heavy atom. The van der Waals surface area contributed by atoms with Gasteiger partial charge in [0.25, 0.3) is 0 Å². The monoisotopic (exact) mass is 194 g/mol. The lowest BCUT2D eigenvalue weighted by Gasteiger charge is -2.06. The van der Waals surface area contributed by atoms with Crippen LogP contribution >= 0.6 is 0 Å². The second-order valence-corrected chi connectivity index (χ2v) is 2.66. The zero-order valence-electron chi connectivity index (χ0n) is 8.49. The lowest BCUT2D eigenvalue weighted by Crippen LogP contribution is -2.01. The van der Waals surface area contributed by atoms with Crippen molar-refractivity contribution in [2.24, 2.45) is 0 Å². The van der Waals surface area contributed by atoms with Crippen LogP contribution in [-0.4, -0.2) is 23.7 Å². The van der Waals surface area contributed by atoms with Gasteiger partial charge in [-0.25, -0.2) is 9.97 Å². The molecule has 0 radical (unpaired) electrons. The summed E-state index contributed by atoms with van der Waals surface area (Å²) in [6.45, 7) is 6.65. The fourth-order valence-electron chi connectivity index (χ4n) is 0.997. The molecule has 14 heavy (non-hydrogen) atoms. The third kappa shape index (κ3) is 2.81. The third-order valence-electron chi connectivity index (χ3n) is 1.57. The van der Waals surface area contributed by atoms with Crippen LogP contribution in [0.15, 0.2) is 18.8 Å². The molecule has 0 unspecified atom stereocenters. The Kier molecular flexibility index (Phi) is 4.07. The highest BCUT2D eigenvalue weighted by molar-refractivity contribution is 5.49. The van der Waals surface area contributed by atoms with Crippen LogP contribution in [0.5, 0.6) is 0 Å². The number of hydrogen-bond acceptors (Lipinski definition) is 4. The van der Waals surface area contributed by atoms with Crippen molar-refractivity contribution < 1.29 is 9.47 Å². The highest BCUT2D eigenvalue weighted by atomic mass is 16.5. The first-order valence-electron chi connectivity index (χ1n) is 4.40. The molecular formula is C10H14N2O2. The molecule has 76 valence electrons. The normalized spacial score (nSPS) is 9.86. The number of nitrogens with zero attached hydrogens (tertiary/aromatic N) is 2. The van der Waals surface area contributed by atoms with Crippen molar-refractivity contribution in [3.63, 3.8) is 0 Å². The smallest absolute Gasteiger partial charge is 0.194 e. The van der Waals surface area contributed by atoms with Crippen molar-refractivity contribution in [1.82, 2.24) is 9.97 Å². The Balaban J connectivity index is 2.77. The molecule has 1 aromatic heterocycles. The van der Waals surface area contributed by atoms with E-state index in [9.17, 15) is 0 Å². The van der Waals surface area contributed by atoms with Gasteiger partial charge in [0.1, 0.15) is 0 Å². The molecule has 4 heteroatoms. The van der Waals surface area contributed by atoms with Crippen LogP contribution in [0, 0.1) is 0 Å². The van der Waals surface area contributed by atoms with E-state index < -0.39 is 0 Å². The van der Waals surface area contributed by atoms with Gasteiger partial charge < -0.3 is 9.47 Å². The van der Waals surface area contributed by atoms with Gasteiger partial charge in [-0.15, -0.1) is 0 Å². The molecule has 0 N–H and O–H groups in total. The molecular weight excluding hydrogens is 180 g/mol. The van der Waals surface area contributed by atoms with Gasteiger partial charge in [0.2, 0.25) is 0 Å². The summed E-state index contributed by atoms with van der Waals surface area (Å²) in [5, 5.41) is 0. The maximum absolute atomic E-state index is 5.20. The molecule has 0 atom stereocenters. The largest absolute Gasteiger partial charge is 0.491 e. The zero-order valence-corrected chi connectivity index (χ0v) is 8.49. The number of ether oxygens (including phenoxy) is 2. The Morgan fingerprint density at radius 1 is 1.57 bits per heavy atom. The first kappa shape index (κ1) is 10.7. The Hall–Kier alpha value is -1.42. The highest BCUT2D eigenvalue weighted by Gasteiger charge is 2.03. The zero-order chi connectivity index (χ0) is 10.4. The van der Waals surface area contributed by atoms with Crippen molar-refractivity contribution in [3.05, 3.63) is 30.4 Å². The molecule has 0 spiro atoms. The molecule has 0 aliphatic heterocycles. The minimum Gasteiger partial charge on any atom is -0.491 e. The van der Waals surface area contributed by atoms with Gasteiger partial charge in [-0.1, -0.05) is 6.58 Å². The molecule has 1 rings (SSSR count). The first-order valence-corrected chi connectivity index (χ1v) is 4.40. The van der Waals surface area contributed by atoms with Crippen LogP contribution < -0.4 is 0 Å². The highest BCUT2D eigenvalue weighted by Crippen LogP contribution is 2.08. The minimum absolute atomic E-state index is 0.467. The van der Waals surface area contributed by atoms with Gasteiger partial charge in [0, 0.05) is 13.3 Å². The van der Waals surface area contributed by atoms with E-state index in [-0.39, 0.29) is 0 Å². The summed E-state index contributed by atoms with van der Waals surface area (Å²) in [4.78, 5) is 8.27. The van der Waals surface area contributed by atoms with Gasteiger partial charge >= 0.3 is 0 Å². The van der Waals surface area contributed by atoms with Crippen molar-refractivity contribution >= 4 is 5.76 Å². The van der Waals surface area contributed by atoms with Gasteiger partial charge in [0.05, 0.1) is 18.9 Å². The Labute approximate surface area is 83.6 Å². The number of hydrogen-bond donors (Lipinski definition) is 0. The number of rotatable bonds is 5. The average Bonchev–Trinajstić information content (AvgIpc) is 2.19. The van der Waals surface area contributed by atoms with E-state index in [1.54, 1.807) is 19.4 Å². The summed E-state index contributed by atoms with van der Waals surface area (Å²) >= 11 is 0. The lowest BCUT2D eigenvalue weighted by molar-refractivity contribution is 0.181. The molecule has 0 saturated heterocycles. The van der Waals surface area contributed by atoms with Crippen LogP contribution in [0.2, 0.25) is 0 Å². The molecule has 0 bridgehead atoms. The Morgan fingerprint density at radius 3 is 3.00 bits per heavy atom. The van der Waals surface area contributed by atoms with E-state index in [1.165, 1.54) is 0 Å². The maximum atomic E-state index is 5.20. The molecule has 0 saturated carbocycles. The van der Waals surface area contributed by atoms with Gasteiger partial charge in [-0.05, 0) is 13.0 Å². The van der Waals surface area contributed by atoms with E-state index in [4.69, 9.17) is 9.47 Å². The topological polar surface area (TPSA) is 44.2 Å². The van der Waals surface area contributed by atoms with Gasteiger partial charge in [-0.3, -0.25) is 0 Å². The van der Waals surface area contributed by atoms with E-state index in [1.807, 2.05) is 6.92 Å². The van der Waals surface area contributed by atoms with Crippen LogP contribution in [0.1, 0.15) is 18.4 Å². The van der Waals surface area contributed by atoms with Crippen molar-refractivity contribution in [2.75, 3.05) is 13.7 Å². The summed E-state index contributed by atoms with van der Waals surface area (Å²) in [5.74, 6) is 1.01. The fourth-order valence-corrected chi connectivity index (χ4v) is 0.997. The molecule has 0 fully saturated rings. The standard InChI is InChI=1S/C10H14N2O2/c1-4-14-8(2)10-11-6-5-9(12-10)7-13-3/h5-6H,2,4,7H2,1,3H3. The minimum atomic E-state index is 0.467. The van der Waals surface area contributed by atoms with E-state index in [0.29, 0.717) is 24.8 Å². The Bertz CT molecular complexity index is 313. The SMILES string of the molecule is C=C(OCC)c1nccc(COC)n1. The predicted octanol–water partition coefficient (Wildman–Crippen LogP) is 1.63. The lowest BCUT2D eigenvalue weighted by atomic mass is 10.4. The predicted molar refractivity (Wildman–Crippen MR) is 53.4 cm³/mol. The van der Waals surface area contributed by atoms with Crippen LogP contribution in [0.25, 0.3) is 5.76 Å². The molecule has 1 aromatic rings. The molecule has 0 aliphatic rings. The molecule has 0 aliphatic carbocycles. The second-order valence-electron chi connectivity index (χ2n) is 2.66. The summed E-state index contributed by atoms with van der Waals surface area (Å²) in [6, 6.07) is 1.80. The van der Waals surface area contributed by atoms with Crippen molar-refractivity contribution in [3.8, 4) is 0 Å².